The van der Waals surface area contributed by atoms with Crippen LogP contribution in [0.1, 0.15) is 12.0 Å². The van der Waals surface area contributed by atoms with Crippen LogP contribution in [0.5, 0.6) is 0 Å². The lowest BCUT2D eigenvalue weighted by Gasteiger charge is -2.06. The van der Waals surface area contributed by atoms with Gasteiger partial charge >= 0.3 is 0 Å². The molecule has 84 valence electrons. The van der Waals surface area contributed by atoms with Gasteiger partial charge in [-0.25, -0.2) is 4.39 Å². The summed E-state index contributed by atoms with van der Waals surface area (Å²) in [6.07, 6.45) is 0.937. The van der Waals surface area contributed by atoms with Gasteiger partial charge in [-0.2, -0.15) is 0 Å². The van der Waals surface area contributed by atoms with Gasteiger partial charge in [0.2, 0.25) is 0 Å². The summed E-state index contributed by atoms with van der Waals surface area (Å²) >= 11 is 3.32. The van der Waals surface area contributed by atoms with Gasteiger partial charge in [0.15, 0.2) is 0 Å². The van der Waals surface area contributed by atoms with Crippen LogP contribution in [0.2, 0.25) is 0 Å². The van der Waals surface area contributed by atoms with Crippen molar-refractivity contribution < 1.29 is 9.13 Å². The summed E-state index contributed by atoms with van der Waals surface area (Å²) in [7, 11) is 1.67. The summed E-state index contributed by atoms with van der Waals surface area (Å²) in [5.41, 5.74) is 0.682. The Kier molecular flexibility index (Phi) is 5.83. The number of nitrogens with one attached hydrogen (secondary N) is 1. The van der Waals surface area contributed by atoms with Gasteiger partial charge in [0, 0.05) is 30.3 Å². The molecule has 0 radical (unpaired) electrons. The number of rotatable bonds is 6. The highest BCUT2D eigenvalue weighted by Crippen LogP contribution is 2.15. The van der Waals surface area contributed by atoms with Crippen molar-refractivity contribution in [3.05, 3.63) is 34.1 Å². The molecule has 0 atom stereocenters. The van der Waals surface area contributed by atoms with Crippen molar-refractivity contribution in [1.29, 1.82) is 0 Å². The van der Waals surface area contributed by atoms with Gasteiger partial charge < -0.3 is 10.1 Å². The third-order valence-electron chi connectivity index (χ3n) is 2.03. The van der Waals surface area contributed by atoms with Gasteiger partial charge in [0.05, 0.1) is 0 Å². The first kappa shape index (κ1) is 12.6. The molecule has 0 aliphatic carbocycles. The molecule has 0 fully saturated rings. The van der Waals surface area contributed by atoms with Crippen LogP contribution >= 0.6 is 15.9 Å². The van der Waals surface area contributed by atoms with Crippen molar-refractivity contribution in [2.24, 2.45) is 0 Å². The maximum atomic E-state index is 13.3. The highest BCUT2D eigenvalue weighted by Gasteiger charge is 2.01. The zero-order chi connectivity index (χ0) is 11.1. The summed E-state index contributed by atoms with van der Waals surface area (Å²) in [6, 6.07) is 4.96. The molecule has 1 N–H and O–H groups in total. The van der Waals surface area contributed by atoms with Crippen LogP contribution in [0.15, 0.2) is 22.7 Å². The minimum atomic E-state index is -0.169. The standard InChI is InChI=1S/C11H15BrFNO/c1-15-6-2-5-14-8-9-7-10(12)3-4-11(9)13/h3-4,7,14H,2,5-6,8H2,1H3. The summed E-state index contributed by atoms with van der Waals surface area (Å²) in [5, 5.41) is 3.16. The van der Waals surface area contributed by atoms with E-state index in [-0.39, 0.29) is 5.82 Å². The molecular weight excluding hydrogens is 261 g/mol. The highest BCUT2D eigenvalue weighted by molar-refractivity contribution is 9.10. The molecule has 1 aromatic rings. The third kappa shape index (κ3) is 4.73. The van der Waals surface area contributed by atoms with Crippen LogP contribution in [0.3, 0.4) is 0 Å². The van der Waals surface area contributed by atoms with Crippen LogP contribution < -0.4 is 5.32 Å². The first-order valence-electron chi connectivity index (χ1n) is 4.87. The lowest BCUT2D eigenvalue weighted by atomic mass is 10.2. The van der Waals surface area contributed by atoms with Crippen molar-refractivity contribution in [3.63, 3.8) is 0 Å². The Morgan fingerprint density at radius 2 is 2.27 bits per heavy atom. The fraction of sp³-hybridized carbons (Fsp3) is 0.455. The molecule has 15 heavy (non-hydrogen) atoms. The average Bonchev–Trinajstić information content (AvgIpc) is 2.23. The van der Waals surface area contributed by atoms with Gasteiger partial charge in [-0.05, 0) is 31.2 Å². The van der Waals surface area contributed by atoms with Gasteiger partial charge in [-0.1, -0.05) is 15.9 Å². The van der Waals surface area contributed by atoms with E-state index in [1.807, 2.05) is 0 Å². The van der Waals surface area contributed by atoms with E-state index in [0.717, 1.165) is 24.0 Å². The molecule has 2 nitrogen and oxygen atoms in total. The molecule has 0 aliphatic rings. The van der Waals surface area contributed by atoms with Gasteiger partial charge in [0.25, 0.3) is 0 Å². The molecule has 0 saturated heterocycles. The smallest absolute Gasteiger partial charge is 0.127 e. The van der Waals surface area contributed by atoms with E-state index in [1.54, 1.807) is 19.2 Å². The topological polar surface area (TPSA) is 21.3 Å². The van der Waals surface area contributed by atoms with Gasteiger partial charge in [-0.15, -0.1) is 0 Å². The van der Waals surface area contributed by atoms with Crippen molar-refractivity contribution >= 4 is 15.9 Å². The second-order valence-electron chi connectivity index (χ2n) is 3.26. The molecule has 0 spiro atoms. The van der Waals surface area contributed by atoms with Crippen LogP contribution in [0.25, 0.3) is 0 Å². The molecule has 1 aromatic carbocycles. The number of hydrogen-bond donors (Lipinski definition) is 1. The largest absolute Gasteiger partial charge is 0.385 e. The van der Waals surface area contributed by atoms with E-state index in [2.05, 4.69) is 21.2 Å². The van der Waals surface area contributed by atoms with E-state index < -0.39 is 0 Å². The Labute approximate surface area is 98.0 Å². The molecular formula is C11H15BrFNO. The predicted molar refractivity (Wildman–Crippen MR) is 62.3 cm³/mol. The van der Waals surface area contributed by atoms with Crippen molar-refractivity contribution in [2.45, 2.75) is 13.0 Å². The predicted octanol–water partition coefficient (Wildman–Crippen LogP) is 2.71. The Balaban J connectivity index is 2.33. The van der Waals surface area contributed by atoms with E-state index in [0.29, 0.717) is 12.1 Å². The van der Waals surface area contributed by atoms with Crippen LogP contribution in [0, 0.1) is 5.82 Å². The molecule has 0 aromatic heterocycles. The van der Waals surface area contributed by atoms with Crippen molar-refractivity contribution in [1.82, 2.24) is 5.32 Å². The summed E-state index contributed by atoms with van der Waals surface area (Å²) < 4.78 is 19.1. The summed E-state index contributed by atoms with van der Waals surface area (Å²) in [4.78, 5) is 0. The monoisotopic (exact) mass is 275 g/mol. The Hall–Kier alpha value is -0.450. The van der Waals surface area contributed by atoms with E-state index in [9.17, 15) is 4.39 Å². The second kappa shape index (κ2) is 6.93. The number of halogens is 2. The van der Waals surface area contributed by atoms with Gasteiger partial charge in [-0.3, -0.25) is 0 Å². The fourth-order valence-electron chi connectivity index (χ4n) is 1.24. The van der Waals surface area contributed by atoms with Crippen LogP contribution in [-0.2, 0) is 11.3 Å². The Morgan fingerprint density at radius 3 is 3.00 bits per heavy atom. The molecule has 0 aliphatic heterocycles. The minimum absolute atomic E-state index is 0.169. The van der Waals surface area contributed by atoms with Crippen molar-refractivity contribution in [3.8, 4) is 0 Å². The number of methoxy groups -OCH3 is 1. The van der Waals surface area contributed by atoms with E-state index in [1.165, 1.54) is 6.07 Å². The first-order chi connectivity index (χ1) is 7.24. The minimum Gasteiger partial charge on any atom is -0.385 e. The molecule has 0 amide bonds. The van der Waals surface area contributed by atoms with E-state index in [4.69, 9.17) is 4.74 Å². The third-order valence-corrected chi connectivity index (χ3v) is 2.52. The normalized spacial score (nSPS) is 10.6. The summed E-state index contributed by atoms with van der Waals surface area (Å²) in [6.45, 7) is 2.11. The lowest BCUT2D eigenvalue weighted by molar-refractivity contribution is 0.194. The Bertz CT molecular complexity index is 307. The number of hydrogen-bond acceptors (Lipinski definition) is 2. The lowest BCUT2D eigenvalue weighted by Crippen LogP contribution is -2.16. The Morgan fingerprint density at radius 1 is 1.47 bits per heavy atom. The average molecular weight is 276 g/mol. The zero-order valence-electron chi connectivity index (χ0n) is 8.72. The SMILES string of the molecule is COCCCNCc1cc(Br)ccc1F. The molecule has 0 bridgehead atoms. The van der Waals surface area contributed by atoms with Crippen molar-refractivity contribution in [2.75, 3.05) is 20.3 Å². The molecule has 1 rings (SSSR count). The molecule has 0 unspecified atom stereocenters. The first-order valence-corrected chi connectivity index (χ1v) is 5.67. The second-order valence-corrected chi connectivity index (χ2v) is 4.17. The number of ether oxygens (including phenoxy) is 1. The molecule has 0 heterocycles. The van der Waals surface area contributed by atoms with Gasteiger partial charge in [0.1, 0.15) is 5.82 Å². The maximum Gasteiger partial charge on any atom is 0.127 e. The quantitative estimate of drug-likeness (QED) is 0.807. The van der Waals surface area contributed by atoms with Crippen LogP contribution in [-0.4, -0.2) is 20.3 Å². The maximum absolute atomic E-state index is 13.3. The molecule has 4 heteroatoms. The molecule has 0 saturated carbocycles. The number of benzene rings is 1. The summed E-state index contributed by atoms with van der Waals surface area (Å²) in [5.74, 6) is -0.169. The fourth-order valence-corrected chi connectivity index (χ4v) is 1.65. The van der Waals surface area contributed by atoms with Crippen LogP contribution in [0.4, 0.5) is 4.39 Å². The van der Waals surface area contributed by atoms with E-state index >= 15 is 0 Å². The highest BCUT2D eigenvalue weighted by atomic mass is 79.9. The zero-order valence-corrected chi connectivity index (χ0v) is 10.3.